The largest absolute Gasteiger partial charge is 0.476 e. The number of rotatable bonds is 3. The maximum atomic E-state index is 12.8. The summed E-state index contributed by atoms with van der Waals surface area (Å²) in [7, 11) is 0. The predicted octanol–water partition coefficient (Wildman–Crippen LogP) is 1.88. The molecule has 0 bridgehead atoms. The van der Waals surface area contributed by atoms with Crippen LogP contribution in [0, 0.1) is 0 Å². The van der Waals surface area contributed by atoms with Crippen LogP contribution in [0.4, 0.5) is 8.78 Å². The summed E-state index contributed by atoms with van der Waals surface area (Å²) in [6.07, 6.45) is 0.520. The monoisotopic (exact) mass is 207 g/mol. The lowest BCUT2D eigenvalue weighted by Crippen LogP contribution is -2.25. The molecule has 1 aromatic rings. The summed E-state index contributed by atoms with van der Waals surface area (Å²) in [4.78, 5) is 13.6. The molecule has 0 saturated heterocycles. The van der Waals surface area contributed by atoms with Gasteiger partial charge in [0.2, 0.25) is 0 Å². The smallest absolute Gasteiger partial charge is 0.393 e. The van der Waals surface area contributed by atoms with Gasteiger partial charge in [0, 0.05) is 5.38 Å². The summed E-state index contributed by atoms with van der Waals surface area (Å²) in [5.41, 5.74) is 0.487. The predicted molar refractivity (Wildman–Crippen MR) is 43.0 cm³/mol. The quantitative estimate of drug-likeness (QED) is 0.823. The van der Waals surface area contributed by atoms with Crippen LogP contribution in [0.1, 0.15) is 17.6 Å². The maximum absolute atomic E-state index is 12.8. The van der Waals surface area contributed by atoms with Gasteiger partial charge in [-0.1, -0.05) is 6.92 Å². The first-order chi connectivity index (χ1) is 5.98. The molecule has 0 unspecified atom stereocenters. The van der Waals surface area contributed by atoms with E-state index in [0.29, 0.717) is 23.5 Å². The number of thiazole rings is 1. The highest BCUT2D eigenvalue weighted by molar-refractivity contribution is 7.09. The van der Waals surface area contributed by atoms with Crippen LogP contribution in [0.15, 0.2) is 5.38 Å². The number of carbonyl (C=O) groups is 1. The number of halogens is 2. The van der Waals surface area contributed by atoms with Gasteiger partial charge in [-0.15, -0.1) is 11.3 Å². The molecule has 0 saturated carbocycles. The Bertz CT molecular complexity index is 324. The molecule has 0 fully saturated rings. The zero-order valence-corrected chi connectivity index (χ0v) is 7.57. The van der Waals surface area contributed by atoms with Gasteiger partial charge < -0.3 is 5.11 Å². The molecule has 0 aliphatic rings. The first-order valence-corrected chi connectivity index (χ1v) is 4.42. The van der Waals surface area contributed by atoms with Crippen molar-refractivity contribution in [3.8, 4) is 0 Å². The molecule has 0 amide bonds. The highest BCUT2D eigenvalue weighted by atomic mass is 32.1. The van der Waals surface area contributed by atoms with Crippen LogP contribution in [0.5, 0.6) is 0 Å². The van der Waals surface area contributed by atoms with Crippen molar-refractivity contribution in [1.82, 2.24) is 4.98 Å². The Morgan fingerprint density at radius 3 is 2.77 bits per heavy atom. The summed E-state index contributed by atoms with van der Waals surface area (Å²) >= 11 is 0.667. The van der Waals surface area contributed by atoms with E-state index in [4.69, 9.17) is 5.11 Å². The van der Waals surface area contributed by atoms with E-state index in [1.807, 2.05) is 0 Å². The van der Waals surface area contributed by atoms with Crippen molar-refractivity contribution in [2.45, 2.75) is 19.3 Å². The normalized spacial score (nSPS) is 11.6. The molecule has 1 N–H and O–H groups in total. The summed E-state index contributed by atoms with van der Waals surface area (Å²) in [6.45, 7) is 1.76. The van der Waals surface area contributed by atoms with E-state index in [9.17, 15) is 13.6 Å². The molecule has 1 aromatic heterocycles. The molecule has 72 valence electrons. The molecule has 0 aliphatic heterocycles. The Morgan fingerprint density at radius 1 is 1.77 bits per heavy atom. The Labute approximate surface area is 77.0 Å². The van der Waals surface area contributed by atoms with Crippen LogP contribution in [0.2, 0.25) is 0 Å². The number of carboxylic acid groups (broad SMARTS) is 1. The highest BCUT2D eigenvalue weighted by Gasteiger charge is 2.44. The van der Waals surface area contributed by atoms with Gasteiger partial charge in [-0.25, -0.2) is 9.78 Å². The average molecular weight is 207 g/mol. The van der Waals surface area contributed by atoms with Crippen LogP contribution in [0.3, 0.4) is 0 Å². The molecule has 6 heteroatoms. The summed E-state index contributed by atoms with van der Waals surface area (Å²) in [5, 5.41) is 8.97. The molecule has 0 atom stereocenters. The lowest BCUT2D eigenvalue weighted by Gasteiger charge is -2.05. The number of aromatic nitrogens is 1. The van der Waals surface area contributed by atoms with Crippen molar-refractivity contribution >= 4 is 17.3 Å². The lowest BCUT2D eigenvalue weighted by atomic mass is 10.3. The van der Waals surface area contributed by atoms with Crippen molar-refractivity contribution in [3.63, 3.8) is 0 Å². The topological polar surface area (TPSA) is 50.2 Å². The van der Waals surface area contributed by atoms with E-state index >= 15 is 0 Å². The number of hydrogen-bond acceptors (Lipinski definition) is 3. The van der Waals surface area contributed by atoms with E-state index in [1.165, 1.54) is 5.38 Å². The molecular formula is C7H7F2NO2S. The SMILES string of the molecule is CCc1csc(C(F)(F)C(=O)O)n1. The second-order valence-corrected chi connectivity index (χ2v) is 3.24. The Hall–Kier alpha value is -1.04. The van der Waals surface area contributed by atoms with Crippen molar-refractivity contribution in [1.29, 1.82) is 0 Å². The lowest BCUT2D eigenvalue weighted by molar-refractivity contribution is -0.166. The van der Waals surface area contributed by atoms with E-state index in [2.05, 4.69) is 4.98 Å². The van der Waals surface area contributed by atoms with E-state index in [1.54, 1.807) is 6.92 Å². The molecule has 3 nitrogen and oxygen atoms in total. The fourth-order valence-corrected chi connectivity index (χ4v) is 1.58. The number of alkyl halides is 2. The Morgan fingerprint density at radius 2 is 2.38 bits per heavy atom. The van der Waals surface area contributed by atoms with Crippen LogP contribution in [0.25, 0.3) is 0 Å². The second kappa shape index (κ2) is 3.37. The summed E-state index contributed by atoms with van der Waals surface area (Å²) in [6, 6.07) is 0. The molecule has 1 heterocycles. The van der Waals surface area contributed by atoms with E-state index in [-0.39, 0.29) is 0 Å². The fraction of sp³-hybridized carbons (Fsp3) is 0.429. The van der Waals surface area contributed by atoms with Gasteiger partial charge in [0.15, 0.2) is 5.01 Å². The minimum atomic E-state index is -3.86. The molecular weight excluding hydrogens is 200 g/mol. The first-order valence-electron chi connectivity index (χ1n) is 3.54. The van der Waals surface area contributed by atoms with Gasteiger partial charge >= 0.3 is 11.9 Å². The first kappa shape index (κ1) is 10.0. The summed E-state index contributed by atoms with van der Waals surface area (Å²) in [5.74, 6) is -6.03. The minimum Gasteiger partial charge on any atom is -0.476 e. The summed E-state index contributed by atoms with van der Waals surface area (Å²) < 4.78 is 25.6. The average Bonchev–Trinajstić information content (AvgIpc) is 2.51. The number of hydrogen-bond donors (Lipinski definition) is 1. The fourth-order valence-electron chi connectivity index (χ4n) is 0.705. The van der Waals surface area contributed by atoms with Crippen LogP contribution in [-0.2, 0) is 17.1 Å². The van der Waals surface area contributed by atoms with E-state index in [0.717, 1.165) is 0 Å². The zero-order valence-electron chi connectivity index (χ0n) is 6.75. The number of aliphatic carboxylic acids is 1. The van der Waals surface area contributed by atoms with Gasteiger partial charge in [-0.05, 0) is 6.42 Å². The number of aryl methyl sites for hydroxylation is 1. The van der Waals surface area contributed by atoms with Crippen LogP contribution < -0.4 is 0 Å². The molecule has 1 rings (SSSR count). The molecule has 0 aliphatic carbocycles. The van der Waals surface area contributed by atoms with Gasteiger partial charge in [0.05, 0.1) is 5.69 Å². The zero-order chi connectivity index (χ0) is 10.1. The second-order valence-electron chi connectivity index (χ2n) is 2.38. The van der Waals surface area contributed by atoms with Gasteiger partial charge in [0.1, 0.15) is 0 Å². The Kier molecular flexibility index (Phi) is 2.60. The van der Waals surface area contributed by atoms with Gasteiger partial charge in [0.25, 0.3) is 0 Å². The Balaban J connectivity index is 3.00. The van der Waals surface area contributed by atoms with Gasteiger partial charge in [-0.3, -0.25) is 0 Å². The third-order valence-electron chi connectivity index (χ3n) is 1.45. The molecule has 0 aromatic carbocycles. The van der Waals surface area contributed by atoms with Crippen LogP contribution in [-0.4, -0.2) is 16.1 Å². The van der Waals surface area contributed by atoms with Gasteiger partial charge in [-0.2, -0.15) is 8.78 Å². The molecule has 0 radical (unpaired) electrons. The maximum Gasteiger partial charge on any atom is 0.393 e. The van der Waals surface area contributed by atoms with Crippen molar-refractivity contribution in [2.24, 2.45) is 0 Å². The number of carboxylic acids is 1. The van der Waals surface area contributed by atoms with E-state index < -0.39 is 16.9 Å². The van der Waals surface area contributed by atoms with Crippen molar-refractivity contribution < 1.29 is 18.7 Å². The third-order valence-corrected chi connectivity index (χ3v) is 2.41. The third kappa shape index (κ3) is 1.82. The highest BCUT2D eigenvalue weighted by Crippen LogP contribution is 2.30. The van der Waals surface area contributed by atoms with Crippen LogP contribution >= 0.6 is 11.3 Å². The van der Waals surface area contributed by atoms with Crippen molar-refractivity contribution in [3.05, 3.63) is 16.1 Å². The standard InChI is InChI=1S/C7H7F2NO2S/c1-2-4-3-13-5(10-4)7(8,9)6(11)12/h3H,2H2,1H3,(H,11,12). The van der Waals surface area contributed by atoms with Crippen molar-refractivity contribution in [2.75, 3.05) is 0 Å². The minimum absolute atomic E-state index is 0.487. The molecule has 0 spiro atoms. The number of nitrogens with zero attached hydrogens (tertiary/aromatic N) is 1. The molecule has 13 heavy (non-hydrogen) atoms.